The Balaban J connectivity index is 0.000000180. The van der Waals surface area contributed by atoms with Gasteiger partial charge in [0.05, 0.1) is 0 Å². The van der Waals surface area contributed by atoms with Crippen molar-refractivity contribution >= 4 is 0 Å². The van der Waals surface area contributed by atoms with Crippen LogP contribution in [0.2, 0.25) is 0 Å². The smallest absolute Gasteiger partial charge is 0.187 e. The second-order valence-electron chi connectivity index (χ2n) is 21.4. The van der Waals surface area contributed by atoms with E-state index in [1.165, 1.54) is 111 Å². The van der Waals surface area contributed by atoms with E-state index in [0.29, 0.717) is 0 Å². The van der Waals surface area contributed by atoms with Crippen molar-refractivity contribution in [2.75, 3.05) is 0 Å². The molecule has 0 unspecified atom stereocenters. The van der Waals surface area contributed by atoms with Gasteiger partial charge in [0, 0.05) is 0 Å². The van der Waals surface area contributed by atoms with E-state index in [-0.39, 0.29) is 17.4 Å². The Bertz CT molecular complexity index is 2860. The molecule has 0 saturated carbocycles. The number of rotatable bonds is 20. The van der Waals surface area contributed by atoms with Crippen LogP contribution in [-0.4, -0.2) is 0 Å². The van der Waals surface area contributed by atoms with Crippen molar-refractivity contribution in [2.24, 2.45) is 0 Å². The molecule has 12 aromatic rings. The van der Waals surface area contributed by atoms with Crippen LogP contribution in [0.5, 0.6) is 0 Å². The minimum atomic E-state index is 0. The number of benzene rings is 10. The Morgan fingerprint density at radius 1 is 0.160 bits per heavy atom. The fraction of sp³-hybridized carbons (Fsp3) is 0.125. The first kappa shape index (κ1) is 55.7. The van der Waals surface area contributed by atoms with Crippen molar-refractivity contribution in [1.82, 2.24) is 0 Å². The Morgan fingerprint density at radius 3 is 0.457 bits per heavy atom. The van der Waals surface area contributed by atoms with E-state index in [4.69, 9.17) is 0 Å². The van der Waals surface area contributed by atoms with Gasteiger partial charge in [-0.05, 0) is 60.8 Å². The van der Waals surface area contributed by atoms with E-state index in [0.717, 1.165) is 64.2 Å². The molecule has 81 heavy (non-hydrogen) atoms. The number of hydrogen-bond donors (Lipinski definition) is 0. The largest absolute Gasteiger partial charge is 2.00 e. The Morgan fingerprint density at radius 2 is 0.296 bits per heavy atom. The monoisotopic (exact) mass is 1080 g/mol. The van der Waals surface area contributed by atoms with Crippen LogP contribution in [-0.2, 0) is 81.6 Å². The SMILES string of the molecule is [Cr+2].c1ccc(Cc2c(Cc3ccccc3)c(Cc3ccccc3)[c-](Cc3ccccc3)c2Cc2ccccc2)cc1.c1ccc(Cc2c(Cc3ccccc3)c(Cc3ccccc3)[c-](Cc3ccccc3)c2Cc2ccccc2)cc1. The van der Waals surface area contributed by atoms with Crippen LogP contribution >= 0.6 is 0 Å². The first-order chi connectivity index (χ1) is 39.7. The van der Waals surface area contributed by atoms with Gasteiger partial charge in [0.15, 0.2) is 0 Å². The topological polar surface area (TPSA) is 0 Å². The molecule has 0 bridgehead atoms. The molecule has 0 amide bonds. The maximum Gasteiger partial charge on any atom is 2.00 e. The van der Waals surface area contributed by atoms with E-state index in [1.807, 2.05) is 0 Å². The summed E-state index contributed by atoms with van der Waals surface area (Å²) >= 11 is 0. The molecule has 0 aliphatic carbocycles. The summed E-state index contributed by atoms with van der Waals surface area (Å²) in [4.78, 5) is 0. The predicted octanol–water partition coefficient (Wildman–Crippen LogP) is 18.7. The van der Waals surface area contributed by atoms with Gasteiger partial charge in [-0.1, -0.05) is 362 Å². The maximum atomic E-state index is 2.28. The molecule has 0 radical (unpaired) electrons. The van der Waals surface area contributed by atoms with E-state index >= 15 is 0 Å². The molecule has 0 spiro atoms. The summed E-state index contributed by atoms with van der Waals surface area (Å²) in [7, 11) is 0. The summed E-state index contributed by atoms with van der Waals surface area (Å²) in [6.45, 7) is 0. The van der Waals surface area contributed by atoms with Gasteiger partial charge >= 0.3 is 17.4 Å². The molecule has 1 heteroatoms. The maximum absolute atomic E-state index is 2.28. The molecule has 0 aromatic heterocycles. The molecule has 0 atom stereocenters. The minimum absolute atomic E-state index is 0. The third-order valence-corrected chi connectivity index (χ3v) is 15.9. The molecule has 0 saturated heterocycles. The van der Waals surface area contributed by atoms with Crippen molar-refractivity contribution in [3.05, 3.63) is 415 Å². The van der Waals surface area contributed by atoms with Crippen LogP contribution in [0.3, 0.4) is 0 Å². The molecule has 0 aliphatic heterocycles. The van der Waals surface area contributed by atoms with Crippen molar-refractivity contribution in [1.29, 1.82) is 0 Å². The molecule has 0 N–H and O–H groups in total. The average molecular weight is 1080 g/mol. The fourth-order valence-electron chi connectivity index (χ4n) is 12.0. The van der Waals surface area contributed by atoms with Crippen LogP contribution in [0, 0.1) is 0 Å². The summed E-state index contributed by atoms with van der Waals surface area (Å²) in [5.74, 6) is 0. The zero-order valence-corrected chi connectivity index (χ0v) is 47.6. The molecule has 396 valence electrons. The zero-order chi connectivity index (χ0) is 54.0. The molecule has 0 aliphatic rings. The van der Waals surface area contributed by atoms with E-state index < -0.39 is 0 Å². The van der Waals surface area contributed by atoms with Crippen molar-refractivity contribution in [3.8, 4) is 0 Å². The van der Waals surface area contributed by atoms with Gasteiger partial charge in [-0.3, -0.25) is 0 Å². The van der Waals surface area contributed by atoms with Gasteiger partial charge in [-0.25, -0.2) is 0 Å². The van der Waals surface area contributed by atoms with Crippen LogP contribution in [0.15, 0.2) is 303 Å². The van der Waals surface area contributed by atoms with Gasteiger partial charge in [0.25, 0.3) is 0 Å². The van der Waals surface area contributed by atoms with Crippen molar-refractivity contribution in [3.63, 3.8) is 0 Å². The van der Waals surface area contributed by atoms with E-state index in [1.54, 1.807) is 0 Å². The summed E-state index contributed by atoms with van der Waals surface area (Å²) in [5, 5.41) is 0. The zero-order valence-electron chi connectivity index (χ0n) is 46.3. The van der Waals surface area contributed by atoms with Crippen LogP contribution < -0.4 is 0 Å². The van der Waals surface area contributed by atoms with E-state index in [9.17, 15) is 0 Å². The summed E-state index contributed by atoms with van der Waals surface area (Å²) in [5.41, 5.74) is 28.8. The van der Waals surface area contributed by atoms with Gasteiger partial charge in [0.2, 0.25) is 0 Å². The molecule has 12 rings (SSSR count). The summed E-state index contributed by atoms with van der Waals surface area (Å²) < 4.78 is 0. The molecule has 0 nitrogen and oxygen atoms in total. The average Bonchev–Trinajstić information content (AvgIpc) is 4.00. The minimum Gasteiger partial charge on any atom is -0.187 e. The first-order valence-electron chi connectivity index (χ1n) is 28.7. The molecule has 0 fully saturated rings. The third kappa shape index (κ3) is 15.0. The normalized spacial score (nSPS) is 10.9. The van der Waals surface area contributed by atoms with Crippen molar-refractivity contribution < 1.29 is 17.4 Å². The van der Waals surface area contributed by atoms with Crippen LogP contribution in [0.25, 0.3) is 0 Å². The third-order valence-electron chi connectivity index (χ3n) is 15.9. The summed E-state index contributed by atoms with van der Waals surface area (Å²) in [6, 6.07) is 110. The van der Waals surface area contributed by atoms with Crippen molar-refractivity contribution in [2.45, 2.75) is 64.2 Å². The van der Waals surface area contributed by atoms with Gasteiger partial charge in [-0.15, -0.1) is 11.1 Å². The second kappa shape index (κ2) is 28.5. The molecule has 0 heterocycles. The number of hydrogen-bond acceptors (Lipinski definition) is 0. The fourth-order valence-corrected chi connectivity index (χ4v) is 12.0. The van der Waals surface area contributed by atoms with Crippen LogP contribution in [0.4, 0.5) is 0 Å². The predicted molar refractivity (Wildman–Crippen MR) is 337 cm³/mol. The second-order valence-corrected chi connectivity index (χ2v) is 21.4. The van der Waals surface area contributed by atoms with E-state index in [2.05, 4.69) is 303 Å². The first-order valence-corrected chi connectivity index (χ1v) is 28.7. The molecular weight excluding hydrogens is 1010 g/mol. The van der Waals surface area contributed by atoms with Gasteiger partial charge < -0.3 is 0 Å². The van der Waals surface area contributed by atoms with Gasteiger partial charge in [0.1, 0.15) is 0 Å². The quantitative estimate of drug-likeness (QED) is 0.0667. The van der Waals surface area contributed by atoms with Crippen LogP contribution in [0.1, 0.15) is 111 Å². The Kier molecular flexibility index (Phi) is 19.6. The Hall–Kier alpha value is -8.57. The standard InChI is InChI=1S/2C40H35.Cr/c2*1-6-16-31(17-7-1)26-36-37(27-32-18-8-2-9-19-32)39(29-34-22-12-4-13-23-34)40(30-35-24-14-5-15-25-35)38(36)28-33-20-10-3-11-21-33;/h2*1-25H,26-30H2;/q2*-1;+2. The Labute approximate surface area is 493 Å². The molecule has 12 aromatic carbocycles. The molecular formula is C80H70Cr. The summed E-state index contributed by atoms with van der Waals surface area (Å²) in [6.07, 6.45) is 9.46. The van der Waals surface area contributed by atoms with Gasteiger partial charge in [-0.2, -0.15) is 44.5 Å².